The molecule has 2 fully saturated rings. The minimum Gasteiger partial charge on any atom is -0.340 e. The Bertz CT molecular complexity index is 1090. The van der Waals surface area contributed by atoms with Crippen molar-refractivity contribution < 1.29 is 4.79 Å². The topological polar surface area (TPSA) is 60.1 Å². The minimum absolute atomic E-state index is 0.0843. The van der Waals surface area contributed by atoms with Crippen molar-refractivity contribution in [2.75, 3.05) is 13.1 Å². The Morgan fingerprint density at radius 3 is 2.90 bits per heavy atom. The number of pyridine rings is 1. The quantitative estimate of drug-likeness (QED) is 0.788. The summed E-state index contributed by atoms with van der Waals surface area (Å²) in [7, 11) is 0. The van der Waals surface area contributed by atoms with Gasteiger partial charge in [-0.05, 0) is 49.0 Å². The highest BCUT2D eigenvalue weighted by molar-refractivity contribution is 5.76. The minimum atomic E-state index is 0.0843. The molecule has 4 heterocycles. The molecule has 1 saturated carbocycles. The lowest BCUT2D eigenvalue weighted by Gasteiger charge is -2.42. The van der Waals surface area contributed by atoms with Gasteiger partial charge in [-0.25, -0.2) is 0 Å². The van der Waals surface area contributed by atoms with Gasteiger partial charge >= 0.3 is 0 Å². The van der Waals surface area contributed by atoms with Crippen LogP contribution in [0, 0.1) is 24.2 Å². The number of hydrogen-bond donors (Lipinski definition) is 0. The first kappa shape index (κ1) is 17.5. The zero-order chi connectivity index (χ0) is 20.1. The van der Waals surface area contributed by atoms with E-state index in [9.17, 15) is 9.59 Å². The molecule has 2 aliphatic carbocycles. The van der Waals surface area contributed by atoms with E-state index in [1.165, 1.54) is 11.3 Å². The maximum Gasteiger partial charge on any atom is 0.250 e. The Morgan fingerprint density at radius 1 is 1.24 bits per heavy atom. The van der Waals surface area contributed by atoms with Crippen LogP contribution in [0.3, 0.4) is 0 Å². The van der Waals surface area contributed by atoms with E-state index in [1.54, 1.807) is 6.07 Å². The third-order valence-corrected chi connectivity index (χ3v) is 8.18. The molecule has 0 radical (unpaired) electrons. The first-order valence-corrected chi connectivity index (χ1v) is 10.9. The van der Waals surface area contributed by atoms with Crippen molar-refractivity contribution in [1.29, 1.82) is 0 Å². The summed E-state index contributed by atoms with van der Waals surface area (Å²) >= 11 is 0. The first-order valence-electron chi connectivity index (χ1n) is 10.9. The Kier molecular flexibility index (Phi) is 3.38. The Labute approximate surface area is 170 Å². The molecule has 6 heteroatoms. The van der Waals surface area contributed by atoms with Gasteiger partial charge in [0.1, 0.15) is 6.54 Å². The molecule has 0 N–H and O–H groups in total. The normalized spacial score (nSPS) is 30.5. The SMILES string of the molecule is Cc1nn(CC(=O)N2C[C@@H]3C[C@@H](C2)c2cccc(=O)n2C3)c2c1C1C(C2)C1(C)C. The van der Waals surface area contributed by atoms with Crippen LogP contribution in [-0.4, -0.2) is 38.2 Å². The van der Waals surface area contributed by atoms with Gasteiger partial charge in [-0.15, -0.1) is 0 Å². The zero-order valence-corrected chi connectivity index (χ0v) is 17.4. The van der Waals surface area contributed by atoms with Crippen LogP contribution in [0.4, 0.5) is 0 Å². The van der Waals surface area contributed by atoms with Crippen molar-refractivity contribution in [2.45, 2.75) is 58.5 Å². The summed E-state index contributed by atoms with van der Waals surface area (Å²) in [6.07, 6.45) is 2.13. The number of hydrogen-bond acceptors (Lipinski definition) is 3. The van der Waals surface area contributed by atoms with Gasteiger partial charge in [0.15, 0.2) is 0 Å². The number of nitrogens with zero attached hydrogens (tertiary/aromatic N) is 4. The van der Waals surface area contributed by atoms with Crippen molar-refractivity contribution in [3.05, 3.63) is 51.2 Å². The Balaban J connectivity index is 1.23. The van der Waals surface area contributed by atoms with E-state index in [-0.39, 0.29) is 17.4 Å². The molecule has 2 aliphatic heterocycles. The fraction of sp³-hybridized carbons (Fsp3) is 0.609. The van der Waals surface area contributed by atoms with Crippen molar-refractivity contribution in [3.8, 4) is 0 Å². The van der Waals surface area contributed by atoms with Crippen molar-refractivity contribution >= 4 is 5.91 Å². The average molecular weight is 393 g/mol. The van der Waals surface area contributed by atoms with Gasteiger partial charge in [0, 0.05) is 48.6 Å². The molecule has 152 valence electrons. The van der Waals surface area contributed by atoms with E-state index in [4.69, 9.17) is 5.10 Å². The Hall–Kier alpha value is -2.37. The molecule has 1 saturated heterocycles. The molecule has 0 spiro atoms. The standard InChI is InChI=1S/C23H28N4O2/c1-13-21-18(8-16-22(21)23(16,2)3)27(24-13)12-20(29)25-9-14-7-15(11-25)17-5-4-6-19(28)26(17)10-14/h4-6,14-16,22H,7-12H2,1-3H3/t14-,15-,16?,22?/m0/s1. The highest BCUT2D eigenvalue weighted by Gasteiger charge is 2.63. The van der Waals surface area contributed by atoms with Crippen LogP contribution in [0.1, 0.15) is 54.7 Å². The van der Waals surface area contributed by atoms with Gasteiger partial charge in [0.25, 0.3) is 5.56 Å². The maximum absolute atomic E-state index is 13.2. The van der Waals surface area contributed by atoms with Crippen molar-refractivity contribution in [2.24, 2.45) is 17.3 Å². The number of amides is 1. The van der Waals surface area contributed by atoms with Crippen LogP contribution in [-0.2, 0) is 24.3 Å². The van der Waals surface area contributed by atoms with Crippen LogP contribution in [0.15, 0.2) is 23.0 Å². The Morgan fingerprint density at radius 2 is 2.07 bits per heavy atom. The van der Waals surface area contributed by atoms with Gasteiger partial charge in [-0.3, -0.25) is 14.3 Å². The third-order valence-electron chi connectivity index (χ3n) is 8.18. The third kappa shape index (κ3) is 2.37. The van der Waals surface area contributed by atoms with E-state index in [0.717, 1.165) is 43.2 Å². The molecule has 1 amide bonds. The highest BCUT2D eigenvalue weighted by atomic mass is 16.2. The van der Waals surface area contributed by atoms with Gasteiger partial charge in [0.2, 0.25) is 5.91 Å². The lowest BCUT2D eigenvalue weighted by molar-refractivity contribution is -0.134. The summed E-state index contributed by atoms with van der Waals surface area (Å²) in [5.41, 5.74) is 5.38. The van der Waals surface area contributed by atoms with Crippen LogP contribution in [0.2, 0.25) is 0 Å². The molecule has 6 nitrogen and oxygen atoms in total. The number of aromatic nitrogens is 3. The molecule has 2 bridgehead atoms. The monoisotopic (exact) mass is 392 g/mol. The summed E-state index contributed by atoms with van der Waals surface area (Å²) < 4.78 is 3.90. The van der Waals surface area contributed by atoms with Crippen LogP contribution in [0.5, 0.6) is 0 Å². The molecule has 4 aliphatic rings. The zero-order valence-electron chi connectivity index (χ0n) is 17.4. The summed E-state index contributed by atoms with van der Waals surface area (Å²) in [4.78, 5) is 27.4. The fourth-order valence-corrected chi connectivity index (χ4v) is 6.63. The number of carbonyl (C=O) groups excluding carboxylic acids is 1. The number of rotatable bonds is 2. The van der Waals surface area contributed by atoms with E-state index in [0.29, 0.717) is 30.3 Å². The maximum atomic E-state index is 13.2. The predicted octanol–water partition coefficient (Wildman–Crippen LogP) is 2.29. The second-order valence-electron chi connectivity index (χ2n) is 10.2. The molecule has 4 atom stereocenters. The number of piperidine rings is 1. The number of likely N-dealkylation sites (tertiary alicyclic amines) is 1. The molecule has 2 aromatic rings. The fourth-order valence-electron chi connectivity index (χ4n) is 6.63. The van der Waals surface area contributed by atoms with Gasteiger partial charge in [-0.1, -0.05) is 19.9 Å². The largest absolute Gasteiger partial charge is 0.340 e. The second-order valence-corrected chi connectivity index (χ2v) is 10.2. The first-order chi connectivity index (χ1) is 13.8. The molecule has 2 unspecified atom stereocenters. The van der Waals surface area contributed by atoms with E-state index in [1.807, 2.05) is 26.3 Å². The number of aryl methyl sites for hydroxylation is 1. The summed E-state index contributed by atoms with van der Waals surface area (Å²) in [6.45, 7) is 9.32. The van der Waals surface area contributed by atoms with Crippen LogP contribution < -0.4 is 5.56 Å². The van der Waals surface area contributed by atoms with Crippen molar-refractivity contribution in [1.82, 2.24) is 19.2 Å². The second kappa shape index (κ2) is 5.61. The molecule has 2 aromatic heterocycles. The number of carbonyl (C=O) groups is 1. The highest BCUT2D eigenvalue weighted by Crippen LogP contribution is 2.70. The van der Waals surface area contributed by atoms with Gasteiger partial charge in [0.05, 0.1) is 5.69 Å². The van der Waals surface area contributed by atoms with E-state index >= 15 is 0 Å². The van der Waals surface area contributed by atoms with Gasteiger partial charge in [-0.2, -0.15) is 5.10 Å². The average Bonchev–Trinajstić information content (AvgIpc) is 3.00. The molecular weight excluding hydrogens is 364 g/mol. The molecule has 0 aromatic carbocycles. The number of fused-ring (bicyclic) bond motifs is 7. The smallest absolute Gasteiger partial charge is 0.250 e. The summed E-state index contributed by atoms with van der Waals surface area (Å²) in [5, 5.41) is 4.75. The van der Waals surface area contributed by atoms with E-state index in [2.05, 4.69) is 20.8 Å². The summed E-state index contributed by atoms with van der Waals surface area (Å²) in [5.74, 6) is 2.14. The lowest BCUT2D eigenvalue weighted by Crippen LogP contribution is -2.49. The molecule has 29 heavy (non-hydrogen) atoms. The lowest BCUT2D eigenvalue weighted by atomic mass is 9.83. The van der Waals surface area contributed by atoms with Gasteiger partial charge < -0.3 is 9.47 Å². The molecule has 6 rings (SSSR count). The van der Waals surface area contributed by atoms with Crippen LogP contribution in [0.25, 0.3) is 0 Å². The van der Waals surface area contributed by atoms with Crippen molar-refractivity contribution in [3.63, 3.8) is 0 Å². The molecular formula is C23H28N4O2. The summed E-state index contributed by atoms with van der Waals surface area (Å²) in [6, 6.07) is 5.53. The van der Waals surface area contributed by atoms with Crippen LogP contribution >= 0.6 is 0 Å². The van der Waals surface area contributed by atoms with E-state index < -0.39 is 0 Å². The predicted molar refractivity (Wildman–Crippen MR) is 109 cm³/mol.